The Bertz CT molecular complexity index is 488. The van der Waals surface area contributed by atoms with Crippen molar-refractivity contribution < 1.29 is 17.9 Å². The summed E-state index contributed by atoms with van der Waals surface area (Å²) in [4.78, 5) is 0.149. The Morgan fingerprint density at radius 1 is 1.11 bits per heavy atom. The highest BCUT2D eigenvalue weighted by atomic mass is 32.2. The molecule has 0 unspecified atom stereocenters. The Morgan fingerprint density at radius 3 is 2.33 bits per heavy atom. The zero-order valence-corrected chi connectivity index (χ0v) is 11.5. The molecule has 1 aromatic rings. The molecule has 0 heterocycles. The Morgan fingerprint density at radius 2 is 1.78 bits per heavy atom. The number of rotatable bonds is 7. The maximum absolute atomic E-state index is 11.9. The van der Waals surface area contributed by atoms with Gasteiger partial charge in [-0.3, -0.25) is 0 Å². The minimum absolute atomic E-state index is 0.149. The molecular formula is C11H18N2O4S. The fraction of sp³-hybridized carbons (Fsp3) is 0.455. The van der Waals surface area contributed by atoms with Gasteiger partial charge in [-0.05, 0) is 19.2 Å². The number of ether oxygens (including phenoxy) is 2. The van der Waals surface area contributed by atoms with Gasteiger partial charge in [-0.25, -0.2) is 13.1 Å². The zero-order valence-electron chi connectivity index (χ0n) is 10.7. The van der Waals surface area contributed by atoms with Crippen molar-refractivity contribution in [3.8, 4) is 11.5 Å². The first-order valence-electron chi connectivity index (χ1n) is 5.41. The third-order valence-electron chi connectivity index (χ3n) is 2.33. The van der Waals surface area contributed by atoms with E-state index in [1.165, 1.54) is 26.4 Å². The van der Waals surface area contributed by atoms with Gasteiger partial charge in [0.05, 0.1) is 19.1 Å². The number of sulfonamides is 1. The van der Waals surface area contributed by atoms with Crippen LogP contribution in [0.15, 0.2) is 23.1 Å². The highest BCUT2D eigenvalue weighted by Crippen LogP contribution is 2.29. The van der Waals surface area contributed by atoms with E-state index in [4.69, 9.17) is 9.47 Å². The van der Waals surface area contributed by atoms with Crippen molar-refractivity contribution in [2.75, 3.05) is 34.4 Å². The lowest BCUT2D eigenvalue weighted by molar-refractivity contribution is 0.354. The number of hydrogen-bond acceptors (Lipinski definition) is 5. The molecule has 0 radical (unpaired) electrons. The molecule has 7 heteroatoms. The van der Waals surface area contributed by atoms with Crippen LogP contribution in [0.5, 0.6) is 11.5 Å². The van der Waals surface area contributed by atoms with Crippen LogP contribution >= 0.6 is 0 Å². The zero-order chi connectivity index (χ0) is 13.6. The van der Waals surface area contributed by atoms with E-state index >= 15 is 0 Å². The Hall–Kier alpha value is -1.31. The number of likely N-dealkylation sites (N-methyl/N-ethyl adjacent to an activating group) is 1. The molecule has 2 N–H and O–H groups in total. The minimum atomic E-state index is -3.52. The Labute approximate surface area is 107 Å². The van der Waals surface area contributed by atoms with Crippen LogP contribution in [0.4, 0.5) is 0 Å². The Kier molecular flexibility index (Phi) is 5.39. The molecule has 0 aromatic heterocycles. The molecule has 0 aliphatic rings. The van der Waals surface area contributed by atoms with Gasteiger partial charge in [0.1, 0.15) is 0 Å². The van der Waals surface area contributed by atoms with Gasteiger partial charge >= 0.3 is 0 Å². The normalized spacial score (nSPS) is 11.3. The highest BCUT2D eigenvalue weighted by molar-refractivity contribution is 7.89. The van der Waals surface area contributed by atoms with E-state index in [9.17, 15) is 8.42 Å². The van der Waals surface area contributed by atoms with Crippen LogP contribution in [-0.4, -0.2) is 42.8 Å². The van der Waals surface area contributed by atoms with Gasteiger partial charge in [0.15, 0.2) is 11.5 Å². The minimum Gasteiger partial charge on any atom is -0.493 e. The third-order valence-corrected chi connectivity index (χ3v) is 3.79. The summed E-state index contributed by atoms with van der Waals surface area (Å²) in [6.45, 7) is 0.889. The van der Waals surface area contributed by atoms with Gasteiger partial charge in [0, 0.05) is 19.2 Å². The molecule has 0 atom stereocenters. The first-order valence-corrected chi connectivity index (χ1v) is 6.89. The standard InChI is InChI=1S/C11H18N2O4S/c1-12-6-7-13-18(14,15)9-4-5-10(16-2)11(8-9)17-3/h4-5,8,12-13H,6-7H2,1-3H3. The third kappa shape index (κ3) is 3.59. The van der Waals surface area contributed by atoms with Crippen molar-refractivity contribution in [3.63, 3.8) is 0 Å². The van der Waals surface area contributed by atoms with E-state index in [0.717, 1.165) is 0 Å². The average Bonchev–Trinajstić information content (AvgIpc) is 2.38. The average molecular weight is 274 g/mol. The van der Waals surface area contributed by atoms with Gasteiger partial charge in [-0.1, -0.05) is 0 Å². The number of methoxy groups -OCH3 is 2. The maximum Gasteiger partial charge on any atom is 0.240 e. The largest absolute Gasteiger partial charge is 0.493 e. The first kappa shape index (κ1) is 14.7. The fourth-order valence-electron chi connectivity index (χ4n) is 1.38. The van der Waals surface area contributed by atoms with E-state index in [1.807, 2.05) is 0 Å². The molecule has 1 rings (SSSR count). The van der Waals surface area contributed by atoms with Crippen molar-refractivity contribution in [3.05, 3.63) is 18.2 Å². The van der Waals surface area contributed by atoms with Crippen molar-refractivity contribution in [1.29, 1.82) is 0 Å². The lowest BCUT2D eigenvalue weighted by atomic mass is 10.3. The SMILES string of the molecule is CNCCNS(=O)(=O)c1ccc(OC)c(OC)c1. The summed E-state index contributed by atoms with van der Waals surface area (Å²) in [7, 11) is 1.20. The molecule has 0 aliphatic carbocycles. The molecule has 1 aromatic carbocycles. The summed E-state index contributed by atoms with van der Waals surface area (Å²) in [5.41, 5.74) is 0. The lowest BCUT2D eigenvalue weighted by Crippen LogP contribution is -2.30. The summed E-state index contributed by atoms with van der Waals surface area (Å²) in [5, 5.41) is 2.86. The lowest BCUT2D eigenvalue weighted by Gasteiger charge is -2.10. The molecule has 0 bridgehead atoms. The molecule has 6 nitrogen and oxygen atoms in total. The van der Waals surface area contributed by atoms with Crippen molar-refractivity contribution >= 4 is 10.0 Å². The van der Waals surface area contributed by atoms with Crippen LogP contribution in [0.25, 0.3) is 0 Å². The van der Waals surface area contributed by atoms with Crippen LogP contribution < -0.4 is 19.5 Å². The quantitative estimate of drug-likeness (QED) is 0.695. The molecule has 0 fully saturated rings. The van der Waals surface area contributed by atoms with Crippen molar-refractivity contribution in [2.24, 2.45) is 0 Å². The van der Waals surface area contributed by atoms with Gasteiger partial charge in [-0.15, -0.1) is 0 Å². The van der Waals surface area contributed by atoms with E-state index in [1.54, 1.807) is 13.1 Å². The fourth-order valence-corrected chi connectivity index (χ4v) is 2.42. The second-order valence-electron chi connectivity index (χ2n) is 3.52. The van der Waals surface area contributed by atoms with E-state index in [2.05, 4.69) is 10.0 Å². The van der Waals surface area contributed by atoms with Crippen LogP contribution in [0.3, 0.4) is 0 Å². The molecule has 0 saturated carbocycles. The summed E-state index contributed by atoms with van der Waals surface area (Å²) in [5.74, 6) is 0.876. The highest BCUT2D eigenvalue weighted by Gasteiger charge is 2.16. The van der Waals surface area contributed by atoms with E-state index in [0.29, 0.717) is 24.6 Å². The topological polar surface area (TPSA) is 76.7 Å². The number of nitrogens with one attached hydrogen (secondary N) is 2. The molecule has 0 amide bonds. The van der Waals surface area contributed by atoms with Gasteiger partial charge in [0.2, 0.25) is 10.0 Å². The molecule has 102 valence electrons. The Balaban J connectivity index is 2.95. The van der Waals surface area contributed by atoms with Crippen LogP contribution in [0.1, 0.15) is 0 Å². The monoisotopic (exact) mass is 274 g/mol. The number of hydrogen-bond donors (Lipinski definition) is 2. The second-order valence-corrected chi connectivity index (χ2v) is 5.29. The maximum atomic E-state index is 11.9. The summed E-state index contributed by atoms with van der Waals surface area (Å²) in [6.07, 6.45) is 0. The van der Waals surface area contributed by atoms with E-state index < -0.39 is 10.0 Å². The molecule has 18 heavy (non-hydrogen) atoms. The van der Waals surface area contributed by atoms with Crippen molar-refractivity contribution in [1.82, 2.24) is 10.0 Å². The molecule has 0 saturated heterocycles. The van der Waals surface area contributed by atoms with Gasteiger partial charge in [-0.2, -0.15) is 0 Å². The smallest absolute Gasteiger partial charge is 0.240 e. The van der Waals surface area contributed by atoms with Crippen LogP contribution in [0, 0.1) is 0 Å². The first-order chi connectivity index (χ1) is 8.55. The molecule has 0 spiro atoms. The predicted octanol–water partition coefficient (Wildman–Crippen LogP) is 0.202. The second kappa shape index (κ2) is 6.58. The van der Waals surface area contributed by atoms with Gasteiger partial charge in [0.25, 0.3) is 0 Å². The number of benzene rings is 1. The summed E-state index contributed by atoms with van der Waals surface area (Å²) in [6, 6.07) is 4.47. The van der Waals surface area contributed by atoms with Gasteiger partial charge < -0.3 is 14.8 Å². The molecule has 0 aliphatic heterocycles. The summed E-state index contributed by atoms with van der Waals surface area (Å²) < 4.78 is 36.5. The van der Waals surface area contributed by atoms with Crippen LogP contribution in [-0.2, 0) is 10.0 Å². The predicted molar refractivity (Wildman–Crippen MR) is 68.7 cm³/mol. The molecular weight excluding hydrogens is 256 g/mol. The van der Waals surface area contributed by atoms with Crippen LogP contribution in [0.2, 0.25) is 0 Å². The van der Waals surface area contributed by atoms with E-state index in [-0.39, 0.29) is 4.90 Å². The summed E-state index contributed by atoms with van der Waals surface area (Å²) >= 11 is 0. The van der Waals surface area contributed by atoms with Crippen molar-refractivity contribution in [2.45, 2.75) is 4.90 Å².